The second-order valence-electron chi connectivity index (χ2n) is 6.51. The summed E-state index contributed by atoms with van der Waals surface area (Å²) in [6, 6.07) is 8.99. The molecule has 3 N–H and O–H groups in total. The van der Waals surface area contributed by atoms with Gasteiger partial charge >= 0.3 is 0 Å². The molecule has 1 aromatic heterocycles. The van der Waals surface area contributed by atoms with Gasteiger partial charge in [-0.15, -0.1) is 0 Å². The number of hydrogen-bond donors (Lipinski definition) is 2. The molecule has 0 aliphatic carbocycles. The number of rotatable bonds is 6. The lowest BCUT2D eigenvalue weighted by molar-refractivity contribution is 0.272. The number of benzene rings is 1. The SMILES string of the molecule is CCOc1ccc([C@H]2C(C#N)=C(N)Oc3cc(C)n(CCO)c(=O)c32)cc1OC. The first-order valence-corrected chi connectivity index (χ1v) is 9.20. The summed E-state index contributed by atoms with van der Waals surface area (Å²) in [5, 5.41) is 19.1. The van der Waals surface area contributed by atoms with Crippen molar-refractivity contribution in [1.82, 2.24) is 4.57 Å². The third-order valence-electron chi connectivity index (χ3n) is 4.83. The molecule has 0 amide bonds. The Morgan fingerprint density at radius 3 is 2.72 bits per heavy atom. The zero-order valence-electron chi connectivity index (χ0n) is 16.6. The fourth-order valence-electron chi connectivity index (χ4n) is 3.54. The van der Waals surface area contributed by atoms with Gasteiger partial charge in [0.05, 0.1) is 31.8 Å². The highest BCUT2D eigenvalue weighted by molar-refractivity contribution is 5.57. The fourth-order valence-corrected chi connectivity index (χ4v) is 3.54. The first-order valence-electron chi connectivity index (χ1n) is 9.20. The molecule has 8 heteroatoms. The van der Waals surface area contributed by atoms with Crippen LogP contribution in [0.25, 0.3) is 0 Å². The minimum absolute atomic E-state index is 0.0449. The summed E-state index contributed by atoms with van der Waals surface area (Å²) < 4.78 is 18.0. The molecule has 0 fully saturated rings. The van der Waals surface area contributed by atoms with E-state index in [4.69, 9.17) is 19.9 Å². The molecule has 0 unspecified atom stereocenters. The zero-order chi connectivity index (χ0) is 21.1. The molecule has 0 radical (unpaired) electrons. The second-order valence-corrected chi connectivity index (χ2v) is 6.51. The minimum Gasteiger partial charge on any atom is -0.493 e. The van der Waals surface area contributed by atoms with E-state index in [1.165, 1.54) is 11.7 Å². The summed E-state index contributed by atoms with van der Waals surface area (Å²) in [5.41, 5.74) is 7.37. The summed E-state index contributed by atoms with van der Waals surface area (Å²) in [5.74, 6) is 0.568. The molecular weight excluding hydrogens is 374 g/mol. The van der Waals surface area contributed by atoms with Gasteiger partial charge in [-0.3, -0.25) is 4.79 Å². The summed E-state index contributed by atoms with van der Waals surface area (Å²) in [6.07, 6.45) is 0. The van der Waals surface area contributed by atoms with E-state index in [1.54, 1.807) is 31.2 Å². The van der Waals surface area contributed by atoms with Gasteiger partial charge in [-0.2, -0.15) is 5.26 Å². The van der Waals surface area contributed by atoms with E-state index in [9.17, 15) is 15.2 Å². The van der Waals surface area contributed by atoms with E-state index in [0.29, 0.717) is 40.7 Å². The van der Waals surface area contributed by atoms with E-state index < -0.39 is 5.92 Å². The number of methoxy groups -OCH3 is 1. The number of hydrogen-bond acceptors (Lipinski definition) is 7. The molecule has 1 aliphatic heterocycles. The van der Waals surface area contributed by atoms with Crippen molar-refractivity contribution in [2.24, 2.45) is 5.73 Å². The molecule has 1 atom stereocenters. The van der Waals surface area contributed by atoms with Gasteiger partial charge in [-0.05, 0) is 31.5 Å². The quantitative estimate of drug-likeness (QED) is 0.762. The van der Waals surface area contributed by atoms with Crippen LogP contribution in [0, 0.1) is 18.3 Å². The Balaban J connectivity index is 2.27. The minimum atomic E-state index is -0.730. The van der Waals surface area contributed by atoms with Crippen molar-refractivity contribution in [2.45, 2.75) is 26.3 Å². The summed E-state index contributed by atoms with van der Waals surface area (Å²) in [6.45, 7) is 4.03. The number of nitrogens with zero attached hydrogens (tertiary/aromatic N) is 2. The lowest BCUT2D eigenvalue weighted by Gasteiger charge is -2.27. The Bertz CT molecular complexity index is 1070. The van der Waals surface area contributed by atoms with E-state index in [0.717, 1.165) is 0 Å². The van der Waals surface area contributed by atoms with Gasteiger partial charge in [-0.1, -0.05) is 6.07 Å². The average Bonchev–Trinajstić information content (AvgIpc) is 2.70. The predicted octanol–water partition coefficient (Wildman–Crippen LogP) is 1.77. The van der Waals surface area contributed by atoms with Gasteiger partial charge in [-0.25, -0.2) is 0 Å². The van der Waals surface area contributed by atoms with E-state index in [-0.39, 0.29) is 30.2 Å². The first kappa shape index (κ1) is 20.3. The van der Waals surface area contributed by atoms with Crippen molar-refractivity contribution < 1.29 is 19.3 Å². The Hall–Kier alpha value is -3.44. The van der Waals surface area contributed by atoms with E-state index in [1.807, 2.05) is 6.92 Å². The normalized spacial score (nSPS) is 15.3. The highest BCUT2D eigenvalue weighted by Crippen LogP contribution is 2.42. The smallest absolute Gasteiger partial charge is 0.258 e. The second kappa shape index (κ2) is 8.29. The number of nitrogens with two attached hydrogens (primary N) is 1. The molecule has 8 nitrogen and oxygen atoms in total. The van der Waals surface area contributed by atoms with E-state index >= 15 is 0 Å². The highest BCUT2D eigenvalue weighted by Gasteiger charge is 2.34. The number of aromatic nitrogens is 1. The lowest BCUT2D eigenvalue weighted by Crippen LogP contribution is -2.33. The molecule has 1 aliphatic rings. The van der Waals surface area contributed by atoms with Crippen LogP contribution in [0.1, 0.15) is 29.7 Å². The number of aliphatic hydroxyl groups is 1. The largest absolute Gasteiger partial charge is 0.493 e. The lowest BCUT2D eigenvalue weighted by atomic mass is 9.84. The first-order chi connectivity index (χ1) is 14.0. The van der Waals surface area contributed by atoms with Crippen LogP contribution in [0.4, 0.5) is 0 Å². The van der Waals surface area contributed by atoms with Crippen LogP contribution >= 0.6 is 0 Å². The fraction of sp³-hybridized carbons (Fsp3) is 0.333. The van der Waals surface area contributed by atoms with Gasteiger partial charge in [0.2, 0.25) is 5.88 Å². The van der Waals surface area contributed by atoms with Crippen LogP contribution in [-0.4, -0.2) is 30.0 Å². The molecule has 29 heavy (non-hydrogen) atoms. The maximum Gasteiger partial charge on any atom is 0.258 e. The Morgan fingerprint density at radius 1 is 1.34 bits per heavy atom. The Labute approximate surface area is 168 Å². The molecular formula is C21H23N3O5. The Kier molecular flexibility index (Phi) is 5.80. The van der Waals surface area contributed by atoms with Crippen LogP contribution in [0.2, 0.25) is 0 Å². The Morgan fingerprint density at radius 2 is 2.10 bits per heavy atom. The monoisotopic (exact) mass is 397 g/mol. The van der Waals surface area contributed by atoms with Crippen molar-refractivity contribution in [2.75, 3.05) is 20.3 Å². The maximum atomic E-state index is 13.2. The number of ether oxygens (including phenoxy) is 3. The van der Waals surface area contributed by atoms with Crippen LogP contribution in [0.3, 0.4) is 0 Å². The average molecular weight is 397 g/mol. The molecule has 0 saturated carbocycles. The standard InChI is InChI=1S/C21H23N3O5/c1-4-28-15-6-5-13(10-16(15)27-3)18-14(11-22)20(23)29-17-9-12(2)24(7-8-25)21(26)19(17)18/h5-6,9-10,18,25H,4,7-8,23H2,1-3H3/t18-/m0/s1. The van der Waals surface area contributed by atoms with Gasteiger partial charge in [0.15, 0.2) is 11.5 Å². The topological polar surface area (TPSA) is 120 Å². The predicted molar refractivity (Wildman–Crippen MR) is 106 cm³/mol. The number of pyridine rings is 1. The highest BCUT2D eigenvalue weighted by atomic mass is 16.5. The number of aliphatic hydroxyl groups excluding tert-OH is 1. The van der Waals surface area contributed by atoms with E-state index in [2.05, 4.69) is 6.07 Å². The maximum absolute atomic E-state index is 13.2. The summed E-state index contributed by atoms with van der Waals surface area (Å²) in [7, 11) is 1.52. The van der Waals surface area contributed by atoms with Gasteiger partial charge in [0, 0.05) is 18.3 Å². The number of allylic oxidation sites excluding steroid dienone is 1. The van der Waals surface area contributed by atoms with Crippen molar-refractivity contribution in [1.29, 1.82) is 5.26 Å². The van der Waals surface area contributed by atoms with Crippen molar-refractivity contribution >= 4 is 0 Å². The van der Waals surface area contributed by atoms with Crippen LogP contribution in [0.5, 0.6) is 17.2 Å². The van der Waals surface area contributed by atoms with Gasteiger partial charge in [0.25, 0.3) is 5.56 Å². The number of fused-ring (bicyclic) bond motifs is 1. The zero-order valence-corrected chi connectivity index (χ0v) is 16.6. The summed E-state index contributed by atoms with van der Waals surface area (Å²) in [4.78, 5) is 13.2. The molecule has 2 aromatic rings. The molecule has 3 rings (SSSR count). The van der Waals surface area contributed by atoms with Crippen molar-refractivity contribution in [3.8, 4) is 23.3 Å². The molecule has 0 spiro atoms. The molecule has 0 bridgehead atoms. The van der Waals surface area contributed by atoms with Gasteiger partial charge < -0.3 is 29.6 Å². The molecule has 0 saturated heterocycles. The number of nitriles is 1. The van der Waals surface area contributed by atoms with Gasteiger partial charge in [0.1, 0.15) is 17.4 Å². The molecule has 2 heterocycles. The molecule has 1 aromatic carbocycles. The van der Waals surface area contributed by atoms with Crippen LogP contribution < -0.4 is 25.5 Å². The van der Waals surface area contributed by atoms with Crippen LogP contribution in [0.15, 0.2) is 40.5 Å². The third-order valence-corrected chi connectivity index (χ3v) is 4.83. The molecule has 152 valence electrons. The summed E-state index contributed by atoms with van der Waals surface area (Å²) >= 11 is 0. The van der Waals surface area contributed by atoms with Crippen molar-refractivity contribution in [3.63, 3.8) is 0 Å². The number of aryl methyl sites for hydroxylation is 1. The third kappa shape index (κ3) is 3.52. The van der Waals surface area contributed by atoms with Crippen LogP contribution in [-0.2, 0) is 6.54 Å². The van der Waals surface area contributed by atoms with Crippen molar-refractivity contribution in [3.05, 3.63) is 62.9 Å².